The molecule has 26 heavy (non-hydrogen) atoms. The van der Waals surface area contributed by atoms with Crippen molar-refractivity contribution >= 4 is 17.5 Å². The highest BCUT2D eigenvalue weighted by atomic mass is 15.3. The van der Waals surface area contributed by atoms with Crippen LogP contribution in [0, 0.1) is 13.8 Å². The lowest BCUT2D eigenvalue weighted by Crippen LogP contribution is -2.47. The minimum absolute atomic E-state index is 0.835. The largest absolute Gasteiger partial charge is 0.355 e. The Hall–Kier alpha value is -2.44. The maximum atomic E-state index is 4.58. The number of piperidine rings is 1. The monoisotopic (exact) mass is 353 g/mol. The van der Waals surface area contributed by atoms with Crippen LogP contribution in [0.15, 0.2) is 18.2 Å². The van der Waals surface area contributed by atoms with Crippen molar-refractivity contribution in [3.63, 3.8) is 0 Å². The van der Waals surface area contributed by atoms with E-state index in [9.17, 15) is 0 Å². The minimum atomic E-state index is 0.835. The molecule has 2 saturated heterocycles. The smallest absolute Gasteiger partial charge is 0.151 e. The van der Waals surface area contributed by atoms with Gasteiger partial charge in [0.1, 0.15) is 11.6 Å². The Morgan fingerprint density at radius 1 is 0.654 bits per heavy atom. The minimum Gasteiger partial charge on any atom is -0.355 e. The van der Waals surface area contributed by atoms with Crippen molar-refractivity contribution in [3.8, 4) is 0 Å². The van der Waals surface area contributed by atoms with Crippen LogP contribution in [0.4, 0.5) is 17.5 Å². The van der Waals surface area contributed by atoms with Gasteiger partial charge in [-0.2, -0.15) is 0 Å². The molecule has 7 heteroatoms. The van der Waals surface area contributed by atoms with Gasteiger partial charge in [-0.1, -0.05) is 0 Å². The third kappa shape index (κ3) is 3.71. The quantitative estimate of drug-likeness (QED) is 0.838. The molecule has 2 fully saturated rings. The fourth-order valence-electron chi connectivity index (χ4n) is 3.80. The molecule has 0 radical (unpaired) electrons. The normalized spacial score (nSPS) is 18.3. The van der Waals surface area contributed by atoms with Crippen molar-refractivity contribution in [2.24, 2.45) is 0 Å². The van der Waals surface area contributed by atoms with Crippen LogP contribution < -0.4 is 14.7 Å². The predicted molar refractivity (Wildman–Crippen MR) is 104 cm³/mol. The molecule has 2 aliphatic rings. The lowest BCUT2D eigenvalue weighted by Gasteiger charge is -2.36. The second-order valence-electron chi connectivity index (χ2n) is 7.19. The summed E-state index contributed by atoms with van der Waals surface area (Å²) in [5.41, 5.74) is 1.02. The molecule has 0 unspecified atom stereocenters. The van der Waals surface area contributed by atoms with Gasteiger partial charge in [0.2, 0.25) is 0 Å². The van der Waals surface area contributed by atoms with Crippen LogP contribution in [0.1, 0.15) is 30.8 Å². The average Bonchev–Trinajstić information content (AvgIpc) is 2.68. The van der Waals surface area contributed by atoms with E-state index in [1.807, 2.05) is 13.8 Å². The summed E-state index contributed by atoms with van der Waals surface area (Å²) < 4.78 is 0. The van der Waals surface area contributed by atoms with Gasteiger partial charge in [0, 0.05) is 51.0 Å². The molecule has 4 rings (SSSR count). The first-order valence-electron chi connectivity index (χ1n) is 9.60. The molecular formula is C19H27N7. The van der Waals surface area contributed by atoms with Crippen LogP contribution in [0.3, 0.4) is 0 Å². The second-order valence-corrected chi connectivity index (χ2v) is 7.19. The van der Waals surface area contributed by atoms with E-state index >= 15 is 0 Å². The summed E-state index contributed by atoms with van der Waals surface area (Å²) in [6.45, 7) is 9.91. The molecule has 138 valence electrons. The molecule has 0 saturated carbocycles. The zero-order valence-electron chi connectivity index (χ0n) is 15.7. The van der Waals surface area contributed by atoms with Crippen molar-refractivity contribution < 1.29 is 0 Å². The van der Waals surface area contributed by atoms with Crippen LogP contribution in [0.25, 0.3) is 0 Å². The molecule has 0 atom stereocenters. The van der Waals surface area contributed by atoms with Crippen LogP contribution in [-0.4, -0.2) is 59.4 Å². The van der Waals surface area contributed by atoms with Gasteiger partial charge in [0.25, 0.3) is 0 Å². The summed E-state index contributed by atoms with van der Waals surface area (Å²) in [4.78, 5) is 15.9. The highest BCUT2D eigenvalue weighted by Gasteiger charge is 2.20. The first-order chi connectivity index (χ1) is 12.7. The van der Waals surface area contributed by atoms with Gasteiger partial charge in [-0.05, 0) is 45.2 Å². The third-order valence-electron chi connectivity index (χ3n) is 5.20. The van der Waals surface area contributed by atoms with Crippen molar-refractivity contribution in [2.45, 2.75) is 33.1 Å². The molecule has 2 aliphatic heterocycles. The molecule has 0 aromatic carbocycles. The van der Waals surface area contributed by atoms with E-state index in [1.54, 1.807) is 0 Å². The first-order valence-corrected chi connectivity index (χ1v) is 9.60. The van der Waals surface area contributed by atoms with Gasteiger partial charge in [-0.3, -0.25) is 0 Å². The molecule has 4 heterocycles. The van der Waals surface area contributed by atoms with Gasteiger partial charge in [0.05, 0.1) is 0 Å². The maximum Gasteiger partial charge on any atom is 0.151 e. The summed E-state index contributed by atoms with van der Waals surface area (Å²) >= 11 is 0. The molecule has 2 aromatic rings. The van der Waals surface area contributed by atoms with Crippen LogP contribution in [0.2, 0.25) is 0 Å². The molecule has 7 nitrogen and oxygen atoms in total. The molecule has 0 bridgehead atoms. The SMILES string of the molecule is Cc1cc(N2CCN(c3ccc(N4CCCCC4)nn3)CC2)nc(C)n1. The zero-order valence-corrected chi connectivity index (χ0v) is 15.7. The molecule has 2 aromatic heterocycles. The number of piperazine rings is 1. The fourth-order valence-corrected chi connectivity index (χ4v) is 3.80. The summed E-state index contributed by atoms with van der Waals surface area (Å²) in [6.07, 6.45) is 3.85. The highest BCUT2D eigenvalue weighted by Crippen LogP contribution is 2.21. The van der Waals surface area contributed by atoms with Gasteiger partial charge in [-0.25, -0.2) is 9.97 Å². The number of nitrogens with zero attached hydrogens (tertiary/aromatic N) is 7. The molecule has 0 amide bonds. The third-order valence-corrected chi connectivity index (χ3v) is 5.20. The van der Waals surface area contributed by atoms with Gasteiger partial charge < -0.3 is 14.7 Å². The first kappa shape index (κ1) is 17.0. The van der Waals surface area contributed by atoms with Crippen molar-refractivity contribution in [2.75, 3.05) is 54.0 Å². The number of hydrogen-bond acceptors (Lipinski definition) is 7. The number of rotatable bonds is 3. The van der Waals surface area contributed by atoms with Crippen molar-refractivity contribution in [3.05, 3.63) is 29.7 Å². The second kappa shape index (κ2) is 7.43. The van der Waals surface area contributed by atoms with Gasteiger partial charge in [0.15, 0.2) is 11.6 Å². The summed E-state index contributed by atoms with van der Waals surface area (Å²) in [6, 6.07) is 6.30. The average molecular weight is 353 g/mol. The van der Waals surface area contributed by atoms with E-state index in [-0.39, 0.29) is 0 Å². The van der Waals surface area contributed by atoms with Crippen molar-refractivity contribution in [1.29, 1.82) is 0 Å². The predicted octanol–water partition coefficient (Wildman–Crippen LogP) is 2.20. The lowest BCUT2D eigenvalue weighted by molar-refractivity contribution is 0.570. The standard InChI is InChI=1S/C19H27N7/c1-15-14-19(21-16(2)20-15)26-12-10-25(11-13-26)18-7-6-17(22-23-18)24-8-4-3-5-9-24/h6-7,14H,3-5,8-13H2,1-2H3. The topological polar surface area (TPSA) is 61.3 Å². The van der Waals surface area contributed by atoms with Gasteiger partial charge >= 0.3 is 0 Å². The fraction of sp³-hybridized carbons (Fsp3) is 0.579. The van der Waals surface area contributed by atoms with E-state index in [2.05, 4.69) is 53.1 Å². The van der Waals surface area contributed by atoms with Crippen LogP contribution >= 0.6 is 0 Å². The number of hydrogen-bond donors (Lipinski definition) is 0. The lowest BCUT2D eigenvalue weighted by atomic mass is 10.1. The number of anilines is 3. The zero-order chi connectivity index (χ0) is 17.9. The Kier molecular flexibility index (Phi) is 4.86. The Bertz CT molecular complexity index is 712. The van der Waals surface area contributed by atoms with Crippen LogP contribution in [0.5, 0.6) is 0 Å². The van der Waals surface area contributed by atoms with E-state index < -0.39 is 0 Å². The molecule has 0 N–H and O–H groups in total. The summed E-state index contributed by atoms with van der Waals surface area (Å²) in [5, 5.41) is 8.97. The van der Waals surface area contributed by atoms with E-state index in [0.29, 0.717) is 0 Å². The number of aromatic nitrogens is 4. The van der Waals surface area contributed by atoms with E-state index in [1.165, 1.54) is 19.3 Å². The molecule has 0 spiro atoms. The van der Waals surface area contributed by atoms with E-state index in [0.717, 1.165) is 68.2 Å². The van der Waals surface area contributed by atoms with Crippen molar-refractivity contribution in [1.82, 2.24) is 20.2 Å². The Morgan fingerprint density at radius 3 is 1.73 bits per heavy atom. The van der Waals surface area contributed by atoms with Gasteiger partial charge in [-0.15, -0.1) is 10.2 Å². The Labute approximate surface area is 155 Å². The molecular weight excluding hydrogens is 326 g/mol. The maximum absolute atomic E-state index is 4.58. The Morgan fingerprint density at radius 2 is 1.19 bits per heavy atom. The number of aryl methyl sites for hydroxylation is 2. The van der Waals surface area contributed by atoms with Crippen LogP contribution in [-0.2, 0) is 0 Å². The summed E-state index contributed by atoms with van der Waals surface area (Å²) in [5.74, 6) is 3.85. The summed E-state index contributed by atoms with van der Waals surface area (Å²) in [7, 11) is 0. The Balaban J connectivity index is 1.38. The van der Waals surface area contributed by atoms with E-state index in [4.69, 9.17) is 0 Å². The highest BCUT2D eigenvalue weighted by molar-refractivity contribution is 5.48. The molecule has 0 aliphatic carbocycles.